The zero-order valence-electron chi connectivity index (χ0n) is 13.8. The number of hydrogen-bond acceptors (Lipinski definition) is 3. The second kappa shape index (κ2) is 8.02. The van der Waals surface area contributed by atoms with E-state index in [-0.39, 0.29) is 17.9 Å². The van der Waals surface area contributed by atoms with Crippen molar-refractivity contribution in [2.24, 2.45) is 5.92 Å². The lowest BCUT2D eigenvalue weighted by molar-refractivity contribution is -0.144. The van der Waals surface area contributed by atoms with E-state index in [1.54, 1.807) is 0 Å². The molecule has 0 unspecified atom stereocenters. The summed E-state index contributed by atoms with van der Waals surface area (Å²) < 4.78 is 5.85. The number of carbonyl (C=O) groups is 1. The van der Waals surface area contributed by atoms with Crippen molar-refractivity contribution in [1.82, 2.24) is 9.80 Å². The molecule has 3 rings (SSSR count). The Labute approximate surface area is 148 Å². The maximum atomic E-state index is 12.9. The lowest BCUT2D eigenvalue weighted by atomic mass is 9.94. The first-order valence-electron chi connectivity index (χ1n) is 8.49. The number of nitrogens with zero attached hydrogens (tertiary/aromatic N) is 2. The summed E-state index contributed by atoms with van der Waals surface area (Å²) in [6.45, 7) is 4.26. The largest absolute Gasteiger partial charge is 0.370 e. The van der Waals surface area contributed by atoms with Gasteiger partial charge in [-0.15, -0.1) is 6.42 Å². The predicted molar refractivity (Wildman–Crippen MR) is 94.7 cm³/mol. The van der Waals surface area contributed by atoms with Crippen LogP contribution in [0, 0.1) is 18.3 Å². The number of morpholine rings is 1. The van der Waals surface area contributed by atoms with Gasteiger partial charge in [-0.1, -0.05) is 35.7 Å². The lowest BCUT2D eigenvalue weighted by Gasteiger charge is -2.37. The third-order valence-corrected chi connectivity index (χ3v) is 5.23. The number of ether oxygens (including phenoxy) is 1. The second-order valence-electron chi connectivity index (χ2n) is 6.42. The van der Waals surface area contributed by atoms with Gasteiger partial charge in [0.1, 0.15) is 6.10 Å². The molecule has 0 bridgehead atoms. The molecule has 0 radical (unpaired) electrons. The van der Waals surface area contributed by atoms with Crippen LogP contribution in [-0.4, -0.2) is 55.0 Å². The highest BCUT2D eigenvalue weighted by molar-refractivity contribution is 6.31. The van der Waals surface area contributed by atoms with E-state index in [1.807, 2.05) is 29.2 Å². The van der Waals surface area contributed by atoms with Crippen LogP contribution in [0.15, 0.2) is 24.3 Å². The molecule has 0 aliphatic carbocycles. The lowest BCUT2D eigenvalue weighted by Crippen LogP contribution is -2.47. The fraction of sp³-hybridized carbons (Fsp3) is 0.526. The molecule has 2 saturated heterocycles. The van der Waals surface area contributed by atoms with Crippen molar-refractivity contribution < 1.29 is 9.53 Å². The fourth-order valence-electron chi connectivity index (χ4n) is 3.50. The monoisotopic (exact) mass is 346 g/mol. The molecule has 4 nitrogen and oxygen atoms in total. The third kappa shape index (κ3) is 3.92. The number of carbonyl (C=O) groups excluding carboxylic acids is 1. The first-order valence-corrected chi connectivity index (χ1v) is 8.87. The van der Waals surface area contributed by atoms with Crippen molar-refractivity contribution in [1.29, 1.82) is 0 Å². The van der Waals surface area contributed by atoms with Crippen molar-refractivity contribution in [3.63, 3.8) is 0 Å². The van der Waals surface area contributed by atoms with Crippen LogP contribution >= 0.6 is 11.6 Å². The first kappa shape index (κ1) is 17.3. The summed E-state index contributed by atoms with van der Waals surface area (Å²) in [5.41, 5.74) is 0.959. The number of terminal acetylenes is 1. The van der Waals surface area contributed by atoms with Crippen LogP contribution in [0.25, 0.3) is 0 Å². The molecule has 1 amide bonds. The minimum Gasteiger partial charge on any atom is -0.370 e. The number of piperidine rings is 1. The normalized spacial score (nSPS) is 23.0. The van der Waals surface area contributed by atoms with Crippen LogP contribution in [0.1, 0.15) is 24.5 Å². The number of rotatable bonds is 3. The van der Waals surface area contributed by atoms with E-state index in [0.717, 1.165) is 31.5 Å². The van der Waals surface area contributed by atoms with Gasteiger partial charge in [0.2, 0.25) is 5.91 Å². The van der Waals surface area contributed by atoms with Gasteiger partial charge in [-0.3, -0.25) is 9.69 Å². The zero-order valence-corrected chi connectivity index (χ0v) is 14.5. The standard InChI is InChI=1S/C19H23ClN2O2/c1-2-9-21-10-7-15(8-11-21)19(23)22-12-13-24-18(14-22)16-5-3-4-6-17(16)20/h1,3-6,15,18H,7-14H2/t18-/m1/s1. The molecule has 0 N–H and O–H groups in total. The maximum Gasteiger partial charge on any atom is 0.225 e. The number of likely N-dealkylation sites (tertiary alicyclic amines) is 1. The molecule has 128 valence electrons. The minimum absolute atomic E-state index is 0.101. The molecular weight excluding hydrogens is 324 g/mol. The minimum atomic E-state index is -0.141. The Kier molecular flexibility index (Phi) is 5.78. The van der Waals surface area contributed by atoms with Gasteiger partial charge >= 0.3 is 0 Å². The van der Waals surface area contributed by atoms with Crippen LogP contribution in [0.3, 0.4) is 0 Å². The van der Waals surface area contributed by atoms with E-state index in [0.29, 0.717) is 31.3 Å². The quantitative estimate of drug-likeness (QED) is 0.789. The Bertz CT molecular complexity index is 620. The van der Waals surface area contributed by atoms with E-state index in [1.165, 1.54) is 0 Å². The van der Waals surface area contributed by atoms with E-state index < -0.39 is 0 Å². The van der Waals surface area contributed by atoms with Crippen molar-refractivity contribution in [2.75, 3.05) is 39.3 Å². The molecular formula is C19H23ClN2O2. The number of amides is 1. The summed E-state index contributed by atoms with van der Waals surface area (Å²) in [4.78, 5) is 17.0. The predicted octanol–water partition coefficient (Wildman–Crippen LogP) is 2.59. The Morgan fingerprint density at radius 2 is 2.04 bits per heavy atom. The van der Waals surface area contributed by atoms with E-state index in [2.05, 4.69) is 10.8 Å². The first-order chi connectivity index (χ1) is 11.7. The molecule has 1 aromatic carbocycles. The molecule has 0 aromatic heterocycles. The van der Waals surface area contributed by atoms with Gasteiger partial charge in [0.15, 0.2) is 0 Å². The van der Waals surface area contributed by atoms with Crippen LogP contribution in [-0.2, 0) is 9.53 Å². The molecule has 5 heteroatoms. The van der Waals surface area contributed by atoms with Gasteiger partial charge in [-0.25, -0.2) is 0 Å². The molecule has 0 saturated carbocycles. The number of halogens is 1. The summed E-state index contributed by atoms with van der Waals surface area (Å²) in [5.74, 6) is 3.02. The molecule has 1 aromatic rings. The van der Waals surface area contributed by atoms with Crippen molar-refractivity contribution in [3.05, 3.63) is 34.9 Å². The van der Waals surface area contributed by atoms with Crippen LogP contribution < -0.4 is 0 Å². The average Bonchev–Trinajstić information content (AvgIpc) is 2.62. The fourth-order valence-corrected chi connectivity index (χ4v) is 3.76. The highest BCUT2D eigenvalue weighted by atomic mass is 35.5. The summed E-state index contributed by atoms with van der Waals surface area (Å²) in [6.07, 6.45) is 6.99. The van der Waals surface area contributed by atoms with Gasteiger partial charge in [0, 0.05) is 23.0 Å². The second-order valence-corrected chi connectivity index (χ2v) is 6.83. The van der Waals surface area contributed by atoms with E-state index in [9.17, 15) is 4.79 Å². The smallest absolute Gasteiger partial charge is 0.225 e. The van der Waals surface area contributed by atoms with Gasteiger partial charge in [0.05, 0.1) is 19.7 Å². The van der Waals surface area contributed by atoms with Crippen LogP contribution in [0.5, 0.6) is 0 Å². The van der Waals surface area contributed by atoms with Crippen LogP contribution in [0.2, 0.25) is 5.02 Å². The Morgan fingerprint density at radius 3 is 2.75 bits per heavy atom. The van der Waals surface area contributed by atoms with Crippen molar-refractivity contribution in [3.8, 4) is 12.3 Å². The molecule has 2 aliphatic rings. The van der Waals surface area contributed by atoms with Gasteiger partial charge < -0.3 is 9.64 Å². The summed E-state index contributed by atoms with van der Waals surface area (Å²) in [5, 5.41) is 0.694. The van der Waals surface area contributed by atoms with Gasteiger partial charge in [-0.2, -0.15) is 0 Å². The maximum absolute atomic E-state index is 12.9. The number of benzene rings is 1. The molecule has 0 spiro atoms. The topological polar surface area (TPSA) is 32.8 Å². The SMILES string of the molecule is C#CCN1CCC(C(=O)N2CCO[C@@H](c3ccccc3Cl)C2)CC1. The van der Waals surface area contributed by atoms with Gasteiger partial charge in [0.25, 0.3) is 0 Å². The highest BCUT2D eigenvalue weighted by Crippen LogP contribution is 2.29. The summed E-state index contributed by atoms with van der Waals surface area (Å²) >= 11 is 6.27. The molecule has 24 heavy (non-hydrogen) atoms. The zero-order chi connectivity index (χ0) is 16.9. The van der Waals surface area contributed by atoms with Gasteiger partial charge in [-0.05, 0) is 32.0 Å². The van der Waals surface area contributed by atoms with Crippen molar-refractivity contribution >= 4 is 17.5 Å². The molecule has 2 heterocycles. The number of hydrogen-bond donors (Lipinski definition) is 0. The Hall–Kier alpha value is -1.54. The van der Waals surface area contributed by atoms with E-state index in [4.69, 9.17) is 22.8 Å². The average molecular weight is 347 g/mol. The van der Waals surface area contributed by atoms with Crippen molar-refractivity contribution in [2.45, 2.75) is 18.9 Å². The summed E-state index contributed by atoms with van der Waals surface area (Å²) in [6, 6.07) is 7.69. The molecule has 1 atom stereocenters. The van der Waals surface area contributed by atoms with E-state index >= 15 is 0 Å². The molecule has 2 aliphatic heterocycles. The third-order valence-electron chi connectivity index (χ3n) is 4.88. The Balaban J connectivity index is 1.60. The molecule has 2 fully saturated rings. The van der Waals surface area contributed by atoms with Crippen LogP contribution in [0.4, 0.5) is 0 Å². The Morgan fingerprint density at radius 1 is 1.29 bits per heavy atom. The summed E-state index contributed by atoms with van der Waals surface area (Å²) in [7, 11) is 0. The highest BCUT2D eigenvalue weighted by Gasteiger charge is 2.32.